The van der Waals surface area contributed by atoms with Crippen molar-refractivity contribution in [1.82, 2.24) is 0 Å². The summed E-state index contributed by atoms with van der Waals surface area (Å²) < 4.78 is 50.2. The van der Waals surface area contributed by atoms with Gasteiger partial charge >= 0.3 is 0 Å². The van der Waals surface area contributed by atoms with Crippen molar-refractivity contribution < 1.29 is 42.6 Å². The van der Waals surface area contributed by atoms with Crippen LogP contribution in [0.25, 0.3) is 0 Å². The van der Waals surface area contributed by atoms with Crippen LogP contribution in [0.4, 0.5) is 0 Å². The molecule has 0 bridgehead atoms. The molecule has 5 atom stereocenters. The Morgan fingerprint density at radius 2 is 0.784 bits per heavy atom. The Morgan fingerprint density at radius 1 is 0.353 bits per heavy atom. The summed E-state index contributed by atoms with van der Waals surface area (Å²) in [5, 5.41) is 0. The van der Waals surface area contributed by atoms with Gasteiger partial charge in [-0.15, -0.1) is 0 Å². The minimum Gasteiger partial charge on any atom is -0.379 e. The van der Waals surface area contributed by atoms with Crippen LogP contribution in [0.5, 0.6) is 0 Å². The van der Waals surface area contributed by atoms with Crippen molar-refractivity contribution in [3.05, 3.63) is 0 Å². The highest BCUT2D eigenvalue weighted by Gasteiger charge is 2.12. The Hall–Kier alpha value is -0.360. The van der Waals surface area contributed by atoms with Gasteiger partial charge in [-0.05, 0) is 113 Å². The molecule has 0 N–H and O–H groups in total. The van der Waals surface area contributed by atoms with Crippen LogP contribution in [0.15, 0.2) is 0 Å². The summed E-state index contributed by atoms with van der Waals surface area (Å²) >= 11 is 0. The molecule has 0 aliphatic carbocycles. The van der Waals surface area contributed by atoms with E-state index in [4.69, 9.17) is 42.6 Å². The topological polar surface area (TPSA) is 83.1 Å². The van der Waals surface area contributed by atoms with Crippen LogP contribution in [0, 0.1) is 17.8 Å². The third-order valence-electron chi connectivity index (χ3n) is 7.10. The Bertz CT molecular complexity index is 639. The summed E-state index contributed by atoms with van der Waals surface area (Å²) in [6.07, 6.45) is 6.09. The van der Waals surface area contributed by atoms with Crippen LogP contribution in [0.3, 0.4) is 0 Å². The highest BCUT2D eigenvalue weighted by atomic mass is 16.6. The monoisotopic (exact) mass is 739 g/mol. The Morgan fingerprint density at radius 3 is 1.24 bits per heavy atom. The van der Waals surface area contributed by atoms with Crippen molar-refractivity contribution in [2.75, 3.05) is 66.1 Å². The molecule has 0 aromatic carbocycles. The van der Waals surface area contributed by atoms with Gasteiger partial charge in [0.1, 0.15) is 0 Å². The fraction of sp³-hybridized carbons (Fsp3) is 1.00. The molecule has 0 aromatic heterocycles. The Balaban J connectivity index is -0.000000679. The first-order valence-electron chi connectivity index (χ1n) is 20.4. The maximum absolute atomic E-state index is 5.75. The maximum atomic E-state index is 5.75. The van der Waals surface area contributed by atoms with Gasteiger partial charge in [-0.3, -0.25) is 0 Å². The summed E-state index contributed by atoms with van der Waals surface area (Å²) in [7, 11) is 0. The van der Waals surface area contributed by atoms with Gasteiger partial charge < -0.3 is 42.6 Å². The minimum atomic E-state index is 0.141. The van der Waals surface area contributed by atoms with Crippen molar-refractivity contribution in [2.45, 2.75) is 192 Å². The van der Waals surface area contributed by atoms with E-state index in [0.717, 1.165) is 38.9 Å². The maximum Gasteiger partial charge on any atom is 0.0809 e. The van der Waals surface area contributed by atoms with Gasteiger partial charge in [-0.2, -0.15) is 0 Å². The number of hydrogen-bond acceptors (Lipinski definition) is 9. The zero-order valence-electron chi connectivity index (χ0n) is 36.9. The van der Waals surface area contributed by atoms with E-state index in [2.05, 4.69) is 76.2 Å². The molecule has 0 saturated heterocycles. The van der Waals surface area contributed by atoms with Crippen LogP contribution >= 0.6 is 0 Å². The van der Waals surface area contributed by atoms with Gasteiger partial charge in [0.25, 0.3) is 0 Å². The Labute approximate surface area is 318 Å². The fourth-order valence-corrected chi connectivity index (χ4v) is 4.47. The highest BCUT2D eigenvalue weighted by molar-refractivity contribution is 4.58. The summed E-state index contributed by atoms with van der Waals surface area (Å²) in [4.78, 5) is 0. The third-order valence-corrected chi connectivity index (χ3v) is 7.10. The first-order valence-corrected chi connectivity index (χ1v) is 20.4. The first kappa shape index (κ1) is 55.0. The van der Waals surface area contributed by atoms with Crippen molar-refractivity contribution in [3.8, 4) is 0 Å². The van der Waals surface area contributed by atoms with Gasteiger partial charge in [0.2, 0.25) is 0 Å². The molecule has 0 heterocycles. The van der Waals surface area contributed by atoms with E-state index in [1.54, 1.807) is 0 Å². The van der Waals surface area contributed by atoms with Crippen LogP contribution in [0.2, 0.25) is 0 Å². The van der Waals surface area contributed by atoms with Gasteiger partial charge in [-0.25, -0.2) is 0 Å². The van der Waals surface area contributed by atoms with Crippen LogP contribution in [-0.2, 0) is 42.6 Å². The quantitative estimate of drug-likeness (QED) is 0.0646. The van der Waals surface area contributed by atoms with E-state index in [1.165, 1.54) is 0 Å². The molecule has 51 heavy (non-hydrogen) atoms. The molecule has 0 spiro atoms. The van der Waals surface area contributed by atoms with Crippen LogP contribution in [-0.4, -0.2) is 115 Å². The van der Waals surface area contributed by atoms with Gasteiger partial charge in [-0.1, -0.05) is 48.5 Å². The standard InChI is InChI=1S/C15H32O3.C14H30O3.C13H28O3/c1-7-15(18-13(4)5)11-17-14(6)10-16-9-8-12(2)3;1-11(2)9-13(5)16-8-7-15-10-14(6)17-12(3)4;1-11(2)6-7-14-10-13(5)16-9-8-15-12(3)4/h12-15H,7-11H2,1-6H3;11-14H,7-10H2,1-6H3;11-13H,6-10H2,1-5H3. The van der Waals surface area contributed by atoms with Gasteiger partial charge in [0, 0.05) is 13.2 Å². The number of hydrogen-bond donors (Lipinski definition) is 0. The molecule has 9 heteroatoms. The average Bonchev–Trinajstić information content (AvgIpc) is 3.01. The normalized spacial score (nSPS) is 14.9. The molecular weight excluding hydrogens is 648 g/mol. The number of rotatable bonds is 31. The molecule has 0 aliphatic rings. The molecule has 5 unspecified atom stereocenters. The lowest BCUT2D eigenvalue weighted by Gasteiger charge is -2.21. The molecule has 0 aliphatic heterocycles. The second kappa shape index (κ2) is 37.9. The molecule has 9 nitrogen and oxygen atoms in total. The molecule has 312 valence electrons. The van der Waals surface area contributed by atoms with E-state index in [1.807, 2.05) is 41.5 Å². The SMILES string of the molecule is CC(C)CC(C)OCCOCC(C)OC(C)C.CC(C)CCOCC(C)OCCOC(C)C.CCC(COC(C)COCCC(C)C)OC(C)C. The summed E-state index contributed by atoms with van der Waals surface area (Å²) in [5.74, 6) is 2.09. The smallest absolute Gasteiger partial charge is 0.0809 e. The van der Waals surface area contributed by atoms with E-state index in [-0.39, 0.29) is 42.7 Å². The summed E-state index contributed by atoms with van der Waals surface area (Å²) in [6, 6.07) is 0. The van der Waals surface area contributed by atoms with Crippen molar-refractivity contribution in [3.63, 3.8) is 0 Å². The molecular formula is C42H90O9. The molecule has 0 rings (SSSR count). The van der Waals surface area contributed by atoms with Gasteiger partial charge in [0.15, 0.2) is 0 Å². The van der Waals surface area contributed by atoms with E-state index >= 15 is 0 Å². The fourth-order valence-electron chi connectivity index (χ4n) is 4.47. The second-order valence-corrected chi connectivity index (χ2v) is 15.9. The average molecular weight is 739 g/mol. The van der Waals surface area contributed by atoms with Crippen molar-refractivity contribution in [1.29, 1.82) is 0 Å². The predicted molar refractivity (Wildman–Crippen MR) is 214 cm³/mol. The predicted octanol–water partition coefficient (Wildman–Crippen LogP) is 9.80. The van der Waals surface area contributed by atoms with Crippen LogP contribution < -0.4 is 0 Å². The zero-order valence-corrected chi connectivity index (χ0v) is 36.9. The van der Waals surface area contributed by atoms with Crippen molar-refractivity contribution in [2.24, 2.45) is 17.8 Å². The molecule has 0 aromatic rings. The molecule has 0 amide bonds. The van der Waals surface area contributed by atoms with E-state index < -0.39 is 0 Å². The number of ether oxygens (including phenoxy) is 9. The zero-order chi connectivity index (χ0) is 39.6. The first-order chi connectivity index (χ1) is 23.9. The lowest BCUT2D eigenvalue weighted by Crippen LogP contribution is -2.27. The van der Waals surface area contributed by atoms with Crippen LogP contribution in [0.1, 0.15) is 143 Å². The lowest BCUT2D eigenvalue weighted by molar-refractivity contribution is -0.0793. The van der Waals surface area contributed by atoms with Gasteiger partial charge in [0.05, 0.1) is 102 Å². The highest BCUT2D eigenvalue weighted by Crippen LogP contribution is 2.08. The lowest BCUT2D eigenvalue weighted by atomic mass is 10.1. The Kier molecular flexibility index (Phi) is 40.9. The second-order valence-electron chi connectivity index (χ2n) is 15.9. The summed E-state index contributed by atoms with van der Waals surface area (Å²) in [6.45, 7) is 42.7. The van der Waals surface area contributed by atoms with E-state index in [9.17, 15) is 0 Å². The minimum absolute atomic E-state index is 0.141. The van der Waals surface area contributed by atoms with E-state index in [0.29, 0.717) is 76.7 Å². The van der Waals surface area contributed by atoms with Crippen molar-refractivity contribution >= 4 is 0 Å². The molecule has 0 saturated carbocycles. The third kappa shape index (κ3) is 49.6. The summed E-state index contributed by atoms with van der Waals surface area (Å²) in [5.41, 5.74) is 0. The largest absolute Gasteiger partial charge is 0.379 e. The molecule has 0 fully saturated rings. The molecule has 0 radical (unpaired) electrons.